The molecule has 0 aliphatic rings. The van der Waals surface area contributed by atoms with Crippen LogP contribution < -0.4 is 4.74 Å². The predicted molar refractivity (Wildman–Crippen MR) is 59.8 cm³/mol. The normalized spacial score (nSPS) is 10.2. The van der Waals surface area contributed by atoms with E-state index in [0.29, 0.717) is 12.4 Å². The van der Waals surface area contributed by atoms with Crippen LogP contribution in [0.25, 0.3) is 0 Å². The van der Waals surface area contributed by atoms with E-state index in [4.69, 9.17) is 14.9 Å². The summed E-state index contributed by atoms with van der Waals surface area (Å²) in [5, 5.41) is 17.2. The number of rotatable bonds is 7. The van der Waals surface area contributed by atoms with E-state index in [1.54, 1.807) is 0 Å². The first-order valence-corrected chi connectivity index (χ1v) is 5.41. The second kappa shape index (κ2) is 6.85. The third kappa shape index (κ3) is 4.40. The summed E-state index contributed by atoms with van der Waals surface area (Å²) in [6, 6.07) is 3.68. The molecule has 1 rings (SSSR count). The minimum absolute atomic E-state index is 0.155. The average molecular weight is 242 g/mol. The number of carboxylic acids is 1. The fourth-order valence-corrected chi connectivity index (χ4v) is 1.34. The molecule has 0 heterocycles. The Morgan fingerprint density at radius 1 is 1.29 bits per heavy atom. The molecule has 0 aliphatic carbocycles. The number of halogens is 1. The van der Waals surface area contributed by atoms with E-state index in [1.807, 2.05) is 0 Å². The summed E-state index contributed by atoms with van der Waals surface area (Å²) in [5.74, 6) is -1.78. The minimum atomic E-state index is -1.29. The van der Waals surface area contributed by atoms with E-state index in [1.165, 1.54) is 12.1 Å². The van der Waals surface area contributed by atoms with Gasteiger partial charge in [0.2, 0.25) is 0 Å². The van der Waals surface area contributed by atoms with Crippen LogP contribution in [0.3, 0.4) is 0 Å². The number of hydrogen-bond donors (Lipinski definition) is 2. The molecule has 0 saturated heterocycles. The molecule has 0 aliphatic heterocycles. The van der Waals surface area contributed by atoms with Gasteiger partial charge < -0.3 is 14.9 Å². The Labute approximate surface area is 98.7 Å². The summed E-state index contributed by atoms with van der Waals surface area (Å²) in [6.45, 7) is 0.577. The van der Waals surface area contributed by atoms with Gasteiger partial charge in [-0.15, -0.1) is 0 Å². The SMILES string of the molecule is O=C(O)c1ccc(OCCCCCO)cc1F. The Hall–Kier alpha value is -1.62. The van der Waals surface area contributed by atoms with Crippen LogP contribution in [0.4, 0.5) is 4.39 Å². The Kier molecular flexibility index (Phi) is 5.42. The van der Waals surface area contributed by atoms with Gasteiger partial charge >= 0.3 is 5.97 Å². The molecule has 0 fully saturated rings. The van der Waals surface area contributed by atoms with Gasteiger partial charge in [-0.05, 0) is 31.4 Å². The number of carbonyl (C=O) groups is 1. The molecule has 0 saturated carbocycles. The zero-order chi connectivity index (χ0) is 12.7. The summed E-state index contributed by atoms with van der Waals surface area (Å²) in [4.78, 5) is 10.6. The largest absolute Gasteiger partial charge is 0.493 e. The van der Waals surface area contributed by atoms with Gasteiger partial charge in [0.1, 0.15) is 11.6 Å². The van der Waals surface area contributed by atoms with Crippen molar-refractivity contribution in [1.29, 1.82) is 0 Å². The topological polar surface area (TPSA) is 66.8 Å². The van der Waals surface area contributed by atoms with Gasteiger partial charge in [0.25, 0.3) is 0 Å². The average Bonchev–Trinajstić information content (AvgIpc) is 2.28. The quantitative estimate of drug-likeness (QED) is 0.718. The molecular weight excluding hydrogens is 227 g/mol. The van der Waals surface area contributed by atoms with Crippen LogP contribution in [0.1, 0.15) is 29.6 Å². The smallest absolute Gasteiger partial charge is 0.338 e. The van der Waals surface area contributed by atoms with E-state index >= 15 is 0 Å². The summed E-state index contributed by atoms with van der Waals surface area (Å²) in [5.41, 5.74) is -0.363. The molecule has 2 N–H and O–H groups in total. The second-order valence-electron chi connectivity index (χ2n) is 3.58. The molecule has 1 aromatic carbocycles. The van der Waals surface area contributed by atoms with Crippen LogP contribution in [-0.2, 0) is 0 Å². The number of hydrogen-bond acceptors (Lipinski definition) is 3. The van der Waals surface area contributed by atoms with E-state index in [0.717, 1.165) is 25.3 Å². The Balaban J connectivity index is 2.45. The lowest BCUT2D eigenvalue weighted by atomic mass is 10.2. The number of aliphatic hydroxyl groups is 1. The van der Waals surface area contributed by atoms with Crippen molar-refractivity contribution in [2.75, 3.05) is 13.2 Å². The fraction of sp³-hybridized carbons (Fsp3) is 0.417. The highest BCUT2D eigenvalue weighted by Gasteiger charge is 2.10. The van der Waals surface area contributed by atoms with Gasteiger partial charge in [-0.2, -0.15) is 0 Å². The number of aliphatic hydroxyl groups excluding tert-OH is 1. The number of carboxylic acid groups (broad SMARTS) is 1. The lowest BCUT2D eigenvalue weighted by Crippen LogP contribution is -2.02. The van der Waals surface area contributed by atoms with E-state index < -0.39 is 11.8 Å². The highest BCUT2D eigenvalue weighted by atomic mass is 19.1. The van der Waals surface area contributed by atoms with Crippen molar-refractivity contribution < 1.29 is 24.1 Å². The second-order valence-corrected chi connectivity index (χ2v) is 3.58. The molecule has 0 atom stereocenters. The predicted octanol–water partition coefficient (Wildman–Crippen LogP) is 2.07. The summed E-state index contributed by atoms with van der Waals surface area (Å²) in [6.07, 6.45) is 2.32. The molecule has 0 amide bonds. The molecule has 17 heavy (non-hydrogen) atoms. The third-order valence-electron chi connectivity index (χ3n) is 2.24. The van der Waals surface area contributed by atoms with Crippen LogP contribution >= 0.6 is 0 Å². The summed E-state index contributed by atoms with van der Waals surface area (Å²) < 4.78 is 18.5. The number of unbranched alkanes of at least 4 members (excludes halogenated alkanes) is 2. The fourth-order valence-electron chi connectivity index (χ4n) is 1.34. The zero-order valence-corrected chi connectivity index (χ0v) is 9.36. The molecule has 94 valence electrons. The Morgan fingerprint density at radius 2 is 2.06 bits per heavy atom. The standard InChI is InChI=1S/C12H15FO4/c13-11-8-9(4-5-10(11)12(15)16)17-7-3-1-2-6-14/h4-5,8,14H,1-3,6-7H2,(H,15,16). The van der Waals surface area contributed by atoms with Gasteiger partial charge in [0.05, 0.1) is 12.2 Å². The monoisotopic (exact) mass is 242 g/mol. The zero-order valence-electron chi connectivity index (χ0n) is 9.36. The Morgan fingerprint density at radius 3 is 2.65 bits per heavy atom. The van der Waals surface area contributed by atoms with Crippen LogP contribution in [0, 0.1) is 5.82 Å². The van der Waals surface area contributed by atoms with Gasteiger partial charge in [0.15, 0.2) is 0 Å². The lowest BCUT2D eigenvalue weighted by Gasteiger charge is -2.06. The van der Waals surface area contributed by atoms with Crippen molar-refractivity contribution in [3.05, 3.63) is 29.6 Å². The van der Waals surface area contributed by atoms with Crippen molar-refractivity contribution in [2.45, 2.75) is 19.3 Å². The summed E-state index contributed by atoms with van der Waals surface area (Å²) >= 11 is 0. The number of ether oxygens (including phenoxy) is 1. The first kappa shape index (κ1) is 13.4. The molecule has 0 bridgehead atoms. The molecule has 4 nitrogen and oxygen atoms in total. The highest BCUT2D eigenvalue weighted by molar-refractivity contribution is 5.88. The molecule has 0 aromatic heterocycles. The van der Waals surface area contributed by atoms with Crippen molar-refractivity contribution in [2.24, 2.45) is 0 Å². The molecule has 5 heteroatoms. The Bertz CT molecular complexity index is 379. The van der Waals surface area contributed by atoms with Crippen LogP contribution in [0.15, 0.2) is 18.2 Å². The molecule has 0 unspecified atom stereocenters. The molecule has 1 aromatic rings. The van der Waals surface area contributed by atoms with Crippen molar-refractivity contribution in [1.82, 2.24) is 0 Å². The van der Waals surface area contributed by atoms with E-state index in [-0.39, 0.29) is 12.2 Å². The van der Waals surface area contributed by atoms with E-state index in [9.17, 15) is 9.18 Å². The van der Waals surface area contributed by atoms with Crippen LogP contribution in [0.2, 0.25) is 0 Å². The van der Waals surface area contributed by atoms with Crippen LogP contribution in [0.5, 0.6) is 5.75 Å². The first-order chi connectivity index (χ1) is 8.15. The lowest BCUT2D eigenvalue weighted by molar-refractivity contribution is 0.0692. The van der Waals surface area contributed by atoms with Crippen LogP contribution in [-0.4, -0.2) is 29.4 Å². The first-order valence-electron chi connectivity index (χ1n) is 5.41. The maximum absolute atomic E-state index is 13.2. The molecule has 0 radical (unpaired) electrons. The van der Waals surface area contributed by atoms with Crippen molar-refractivity contribution in [3.63, 3.8) is 0 Å². The van der Waals surface area contributed by atoms with Gasteiger partial charge in [-0.25, -0.2) is 9.18 Å². The maximum Gasteiger partial charge on any atom is 0.338 e. The molecular formula is C12H15FO4. The van der Waals surface area contributed by atoms with Crippen molar-refractivity contribution >= 4 is 5.97 Å². The highest BCUT2D eigenvalue weighted by Crippen LogP contribution is 2.17. The van der Waals surface area contributed by atoms with Crippen molar-refractivity contribution in [3.8, 4) is 5.75 Å². The molecule has 0 spiro atoms. The van der Waals surface area contributed by atoms with Gasteiger partial charge in [0, 0.05) is 12.7 Å². The maximum atomic E-state index is 13.2. The third-order valence-corrected chi connectivity index (χ3v) is 2.24. The van der Waals surface area contributed by atoms with E-state index in [2.05, 4.69) is 0 Å². The minimum Gasteiger partial charge on any atom is -0.493 e. The van der Waals surface area contributed by atoms with Gasteiger partial charge in [-0.1, -0.05) is 0 Å². The number of benzene rings is 1. The number of aromatic carboxylic acids is 1. The summed E-state index contributed by atoms with van der Waals surface area (Å²) in [7, 11) is 0. The van der Waals surface area contributed by atoms with Gasteiger partial charge in [-0.3, -0.25) is 0 Å².